The first kappa shape index (κ1) is 29.6. The van der Waals surface area contributed by atoms with Gasteiger partial charge in [-0.3, -0.25) is 19.2 Å². The Morgan fingerprint density at radius 3 is 2.56 bits per heavy atom. The van der Waals surface area contributed by atoms with E-state index in [9.17, 15) is 19.2 Å². The number of aryl methyl sites for hydroxylation is 1. The van der Waals surface area contributed by atoms with Gasteiger partial charge in [0.05, 0.1) is 19.7 Å². The normalized spacial score (nSPS) is 19.0. The van der Waals surface area contributed by atoms with Crippen LogP contribution in [0, 0.1) is 5.92 Å². The van der Waals surface area contributed by atoms with Crippen molar-refractivity contribution >= 4 is 23.6 Å². The summed E-state index contributed by atoms with van der Waals surface area (Å²) in [6.45, 7) is 3.85. The van der Waals surface area contributed by atoms with Crippen LogP contribution >= 0.6 is 0 Å². The number of hydrogen-bond donors (Lipinski definition) is 3. The average molecular weight is 543 g/mol. The number of nitrogens with one attached hydrogen (secondary N) is 3. The Hall–Kier alpha value is -3.93. The molecule has 0 saturated heterocycles. The van der Waals surface area contributed by atoms with Crippen molar-refractivity contribution in [3.05, 3.63) is 48.0 Å². The summed E-state index contributed by atoms with van der Waals surface area (Å²) in [5.74, 6) is -0.497. The molecule has 2 bridgehead atoms. The van der Waals surface area contributed by atoms with E-state index in [4.69, 9.17) is 9.47 Å². The molecule has 4 amide bonds. The predicted molar refractivity (Wildman–Crippen MR) is 142 cm³/mol. The molecular formula is C27H38N6O6. The predicted octanol–water partition coefficient (Wildman–Crippen LogP) is 0.162. The highest BCUT2D eigenvalue weighted by Crippen LogP contribution is 2.15. The molecule has 2 aliphatic heterocycles. The molecule has 1 aromatic carbocycles. The molecule has 3 heterocycles. The first-order valence-electron chi connectivity index (χ1n) is 13.0. The molecule has 0 aliphatic carbocycles. The minimum absolute atomic E-state index is 0.100. The van der Waals surface area contributed by atoms with Gasteiger partial charge in [-0.1, -0.05) is 26.0 Å². The summed E-state index contributed by atoms with van der Waals surface area (Å²) in [7, 11) is 3.33. The van der Waals surface area contributed by atoms with E-state index in [-0.39, 0.29) is 51.1 Å². The number of nitrogens with zero attached hydrogens (tertiary/aromatic N) is 3. The number of carbonyl (C=O) groups excluding carboxylic acids is 4. The van der Waals surface area contributed by atoms with Gasteiger partial charge in [0.15, 0.2) is 6.61 Å². The molecule has 2 aromatic rings. The molecule has 0 spiro atoms. The van der Waals surface area contributed by atoms with Gasteiger partial charge in [0, 0.05) is 39.5 Å². The van der Waals surface area contributed by atoms with Gasteiger partial charge in [-0.15, -0.1) is 0 Å². The van der Waals surface area contributed by atoms with Crippen LogP contribution in [0.1, 0.15) is 31.7 Å². The van der Waals surface area contributed by atoms with Crippen molar-refractivity contribution in [2.45, 2.75) is 45.3 Å². The SMILES string of the molecule is COCCN1CC(=O)N[C@H](C(=O)NCc2nccn2C)Cc2ccc(cc2)OCC(=O)N[C@@H](CC(C)C)C1=O. The number of benzene rings is 1. The molecule has 2 aliphatic rings. The van der Waals surface area contributed by atoms with Crippen molar-refractivity contribution in [3.8, 4) is 5.75 Å². The zero-order chi connectivity index (χ0) is 28.4. The number of aromatic nitrogens is 2. The van der Waals surface area contributed by atoms with Gasteiger partial charge in [0.1, 0.15) is 23.7 Å². The van der Waals surface area contributed by atoms with Gasteiger partial charge in [-0.05, 0) is 30.0 Å². The second kappa shape index (κ2) is 14.3. The van der Waals surface area contributed by atoms with Crippen LogP contribution in [0.2, 0.25) is 0 Å². The third kappa shape index (κ3) is 9.10. The number of methoxy groups -OCH3 is 1. The molecule has 212 valence electrons. The Labute approximate surface area is 228 Å². The molecule has 12 nitrogen and oxygen atoms in total. The summed E-state index contributed by atoms with van der Waals surface area (Å²) in [5.41, 5.74) is 0.778. The summed E-state index contributed by atoms with van der Waals surface area (Å²) < 4.78 is 12.6. The van der Waals surface area contributed by atoms with Gasteiger partial charge < -0.3 is 34.9 Å². The number of amides is 4. The molecule has 1 aromatic heterocycles. The summed E-state index contributed by atoms with van der Waals surface area (Å²) in [6, 6.07) is 5.20. The van der Waals surface area contributed by atoms with Crippen molar-refractivity contribution < 1.29 is 28.7 Å². The molecule has 4 rings (SSSR count). The van der Waals surface area contributed by atoms with Crippen molar-refractivity contribution in [2.75, 3.05) is 33.4 Å². The minimum Gasteiger partial charge on any atom is -0.484 e. The molecule has 39 heavy (non-hydrogen) atoms. The van der Waals surface area contributed by atoms with Crippen molar-refractivity contribution in [2.24, 2.45) is 13.0 Å². The van der Waals surface area contributed by atoms with Gasteiger partial charge in [-0.25, -0.2) is 4.98 Å². The van der Waals surface area contributed by atoms with E-state index in [2.05, 4.69) is 20.9 Å². The van der Waals surface area contributed by atoms with Crippen LogP contribution in [0.25, 0.3) is 0 Å². The van der Waals surface area contributed by atoms with Crippen molar-refractivity contribution in [3.63, 3.8) is 0 Å². The summed E-state index contributed by atoms with van der Waals surface area (Å²) in [4.78, 5) is 58.1. The van der Waals surface area contributed by atoms with E-state index in [0.29, 0.717) is 18.0 Å². The highest BCUT2D eigenvalue weighted by molar-refractivity contribution is 5.93. The molecule has 0 radical (unpaired) electrons. The van der Waals surface area contributed by atoms with E-state index in [1.54, 1.807) is 41.2 Å². The number of imidazole rings is 1. The van der Waals surface area contributed by atoms with Crippen LogP contribution in [-0.2, 0) is 43.9 Å². The van der Waals surface area contributed by atoms with E-state index in [0.717, 1.165) is 5.56 Å². The lowest BCUT2D eigenvalue weighted by Crippen LogP contribution is -2.55. The first-order valence-corrected chi connectivity index (χ1v) is 13.0. The second-order valence-electron chi connectivity index (χ2n) is 9.93. The fourth-order valence-corrected chi connectivity index (χ4v) is 4.20. The Bertz CT molecular complexity index is 1130. The maximum Gasteiger partial charge on any atom is 0.258 e. The van der Waals surface area contributed by atoms with Crippen LogP contribution in [0.4, 0.5) is 0 Å². The van der Waals surface area contributed by atoms with Crippen molar-refractivity contribution in [1.82, 2.24) is 30.4 Å². The van der Waals surface area contributed by atoms with Crippen LogP contribution < -0.4 is 20.7 Å². The lowest BCUT2D eigenvalue weighted by Gasteiger charge is -2.29. The largest absolute Gasteiger partial charge is 0.484 e. The molecule has 0 unspecified atom stereocenters. The standard InChI is InChI=1S/C27H38N6O6/c1-18(2)13-22-27(37)33(11-12-38-4)16-24(34)30-21(26(36)29-15-23-28-9-10-32(23)3)14-19-5-7-20(8-6-19)39-17-25(35)31-22/h5-10,18,21-22H,11-17H2,1-4H3,(H,29,36)(H,30,34)(H,31,35)/t21-,22-/m0/s1. The topological polar surface area (TPSA) is 144 Å². The molecule has 2 atom stereocenters. The Balaban J connectivity index is 1.87. The first-order chi connectivity index (χ1) is 18.7. The summed E-state index contributed by atoms with van der Waals surface area (Å²) >= 11 is 0. The number of fused-ring (bicyclic) bond motifs is 13. The Morgan fingerprint density at radius 1 is 1.18 bits per heavy atom. The molecular weight excluding hydrogens is 504 g/mol. The van der Waals surface area contributed by atoms with Crippen molar-refractivity contribution in [1.29, 1.82) is 0 Å². The number of carbonyl (C=O) groups is 4. The quantitative estimate of drug-likeness (QED) is 0.403. The van der Waals surface area contributed by atoms with E-state index in [1.807, 2.05) is 20.9 Å². The van der Waals surface area contributed by atoms with Crippen LogP contribution in [-0.4, -0.2) is 83.6 Å². The number of rotatable bonds is 8. The van der Waals surface area contributed by atoms with Gasteiger partial charge in [-0.2, -0.15) is 0 Å². The second-order valence-corrected chi connectivity index (χ2v) is 9.93. The Kier molecular flexibility index (Phi) is 10.9. The van der Waals surface area contributed by atoms with Gasteiger partial charge in [0.25, 0.3) is 5.91 Å². The van der Waals surface area contributed by atoms with E-state index >= 15 is 0 Å². The highest BCUT2D eigenvalue weighted by atomic mass is 16.5. The highest BCUT2D eigenvalue weighted by Gasteiger charge is 2.30. The molecule has 3 N–H and O–H groups in total. The lowest BCUT2D eigenvalue weighted by molar-refractivity contribution is -0.141. The summed E-state index contributed by atoms with van der Waals surface area (Å²) in [5, 5.41) is 8.38. The average Bonchev–Trinajstić information content (AvgIpc) is 3.31. The van der Waals surface area contributed by atoms with Gasteiger partial charge >= 0.3 is 0 Å². The van der Waals surface area contributed by atoms with Crippen LogP contribution in [0.15, 0.2) is 36.7 Å². The third-order valence-electron chi connectivity index (χ3n) is 6.28. The summed E-state index contributed by atoms with van der Waals surface area (Å²) in [6.07, 6.45) is 4.00. The maximum atomic E-state index is 13.5. The zero-order valence-electron chi connectivity index (χ0n) is 22.9. The monoisotopic (exact) mass is 542 g/mol. The van der Waals surface area contributed by atoms with Crippen LogP contribution in [0.5, 0.6) is 5.75 Å². The fraction of sp³-hybridized carbons (Fsp3) is 0.519. The van der Waals surface area contributed by atoms with E-state index < -0.39 is 29.8 Å². The fourth-order valence-electron chi connectivity index (χ4n) is 4.20. The number of hydrogen-bond acceptors (Lipinski definition) is 7. The van der Waals surface area contributed by atoms with Crippen LogP contribution in [0.3, 0.4) is 0 Å². The van der Waals surface area contributed by atoms with Gasteiger partial charge in [0.2, 0.25) is 17.7 Å². The molecule has 0 fully saturated rings. The Morgan fingerprint density at radius 2 is 1.92 bits per heavy atom. The smallest absolute Gasteiger partial charge is 0.258 e. The minimum atomic E-state index is -0.900. The third-order valence-corrected chi connectivity index (χ3v) is 6.28. The van der Waals surface area contributed by atoms with E-state index in [1.165, 1.54) is 12.0 Å². The lowest BCUT2D eigenvalue weighted by atomic mass is 10.0. The molecule has 12 heteroatoms. The number of ether oxygens (including phenoxy) is 2. The maximum absolute atomic E-state index is 13.5. The molecule has 0 saturated carbocycles. The zero-order valence-corrected chi connectivity index (χ0v) is 22.9.